The van der Waals surface area contributed by atoms with E-state index in [4.69, 9.17) is 17.3 Å². The summed E-state index contributed by atoms with van der Waals surface area (Å²) in [5.41, 5.74) is 2.28. The van der Waals surface area contributed by atoms with Gasteiger partial charge in [-0.15, -0.1) is 8.78 Å². The largest absolute Gasteiger partial charge is 0.487 e. The van der Waals surface area contributed by atoms with Gasteiger partial charge in [-0.05, 0) is 46.3 Å². The number of nitrogens with zero attached hydrogens (tertiary/aromatic N) is 1. The van der Waals surface area contributed by atoms with Crippen LogP contribution in [0.4, 0.5) is 20.3 Å². The number of nitrogens with one attached hydrogen (secondary N) is 1. The van der Waals surface area contributed by atoms with Gasteiger partial charge in [0.2, 0.25) is 0 Å². The van der Waals surface area contributed by atoms with E-state index in [1.807, 2.05) is 0 Å². The Bertz CT molecular complexity index is 739. The third-order valence-corrected chi connectivity index (χ3v) is 3.75. The van der Waals surface area contributed by atoms with Crippen LogP contribution in [-0.2, 0) is 0 Å². The summed E-state index contributed by atoms with van der Waals surface area (Å²) in [7, 11) is 0. The molecule has 2 rings (SSSR count). The van der Waals surface area contributed by atoms with Gasteiger partial charge in [0.15, 0.2) is 0 Å². The van der Waals surface area contributed by atoms with Gasteiger partial charge in [-0.3, -0.25) is 4.79 Å². The van der Waals surface area contributed by atoms with Gasteiger partial charge in [0, 0.05) is 17.3 Å². The van der Waals surface area contributed by atoms with Crippen LogP contribution in [0.2, 0.25) is 5.15 Å². The van der Waals surface area contributed by atoms with Gasteiger partial charge in [-0.2, -0.15) is 0 Å². The fraction of sp³-hybridized carbons (Fsp3) is 0.0769. The number of amides is 1. The summed E-state index contributed by atoms with van der Waals surface area (Å²) < 4.78 is 29.6. The minimum absolute atomic E-state index is 0.0440. The first kappa shape index (κ1) is 17.7. The van der Waals surface area contributed by atoms with E-state index in [1.165, 1.54) is 30.3 Å². The maximum absolute atomic E-state index is 12.5. The molecule has 5 nitrogen and oxygen atoms in total. The van der Waals surface area contributed by atoms with E-state index in [1.54, 1.807) is 0 Å². The summed E-state index contributed by atoms with van der Waals surface area (Å²) in [6.07, 6.45) is 0. The van der Waals surface area contributed by atoms with Crippen LogP contribution in [0.1, 0.15) is 10.4 Å². The minimum atomic E-state index is -3.81. The highest BCUT2D eigenvalue weighted by Gasteiger charge is 2.27. The molecule has 3 N–H and O–H groups in total. The first-order valence-corrected chi connectivity index (χ1v) is 7.49. The second-order valence-electron chi connectivity index (χ2n) is 4.22. The van der Waals surface area contributed by atoms with Crippen LogP contribution in [0.15, 0.2) is 34.8 Å². The molecule has 0 bridgehead atoms. The number of ether oxygens (including phenoxy) is 1. The Labute approximate surface area is 147 Å². The number of nitrogens with two attached hydrogens (primary N) is 1. The second kappa shape index (κ2) is 6.86. The number of nitrogen functional groups attached to an aromatic ring is 1. The number of alkyl halides is 3. The van der Waals surface area contributed by atoms with Crippen LogP contribution in [0.25, 0.3) is 0 Å². The van der Waals surface area contributed by atoms with E-state index in [2.05, 4.69) is 42.6 Å². The molecule has 2 aromatic rings. The van der Waals surface area contributed by atoms with E-state index in [0.717, 1.165) is 0 Å². The standard InChI is InChI=1S/C13H8BrCl2F2N3O2/c14-9-5-8(11(19)21-10(9)15)12(22)20-6-1-3-7(4-2-6)23-13(16,17)18/h1-5H,(H2,19,21)(H,20,22). The van der Waals surface area contributed by atoms with Crippen LogP contribution in [-0.4, -0.2) is 16.5 Å². The smallest absolute Gasteiger partial charge is 0.420 e. The summed E-state index contributed by atoms with van der Waals surface area (Å²) >= 11 is 13.6. The molecular weight excluding hydrogens is 419 g/mol. The van der Waals surface area contributed by atoms with Gasteiger partial charge in [0.1, 0.15) is 16.7 Å². The Balaban J connectivity index is 2.13. The average Bonchev–Trinajstić information content (AvgIpc) is 2.43. The van der Waals surface area contributed by atoms with Crippen molar-refractivity contribution in [2.45, 2.75) is 5.57 Å². The predicted octanol–water partition coefficient (Wildman–Crippen LogP) is 4.50. The Morgan fingerprint density at radius 1 is 1.35 bits per heavy atom. The van der Waals surface area contributed by atoms with Crippen molar-refractivity contribution in [3.05, 3.63) is 45.5 Å². The summed E-state index contributed by atoms with van der Waals surface area (Å²) in [5, 5.41) is 2.66. The third-order valence-electron chi connectivity index (χ3n) is 2.55. The van der Waals surface area contributed by atoms with Crippen LogP contribution >= 0.6 is 39.1 Å². The number of hydrogen-bond donors (Lipinski definition) is 2. The molecule has 23 heavy (non-hydrogen) atoms. The Morgan fingerprint density at radius 3 is 2.52 bits per heavy atom. The van der Waals surface area contributed by atoms with Gasteiger partial charge in [-0.1, -0.05) is 11.6 Å². The van der Waals surface area contributed by atoms with E-state index in [-0.39, 0.29) is 22.3 Å². The average molecular weight is 427 g/mol. The number of carbonyl (C=O) groups excluding carboxylic acids is 1. The molecule has 0 saturated heterocycles. The topological polar surface area (TPSA) is 77.2 Å². The Hall–Kier alpha value is -1.64. The zero-order chi connectivity index (χ0) is 17.2. The molecule has 0 unspecified atom stereocenters. The number of benzene rings is 1. The molecule has 0 atom stereocenters. The Morgan fingerprint density at radius 2 is 1.96 bits per heavy atom. The lowest BCUT2D eigenvalue weighted by atomic mass is 10.2. The lowest BCUT2D eigenvalue weighted by Gasteiger charge is -2.11. The summed E-state index contributed by atoms with van der Waals surface area (Å²) in [5.74, 6) is -0.737. The molecule has 0 radical (unpaired) electrons. The van der Waals surface area contributed by atoms with Gasteiger partial charge < -0.3 is 15.8 Å². The fourth-order valence-electron chi connectivity index (χ4n) is 1.60. The summed E-state index contributed by atoms with van der Waals surface area (Å²) in [4.78, 5) is 16.0. The highest BCUT2D eigenvalue weighted by atomic mass is 79.9. The van der Waals surface area contributed by atoms with Crippen molar-refractivity contribution in [1.82, 2.24) is 4.98 Å². The van der Waals surface area contributed by atoms with Crippen molar-refractivity contribution in [3.8, 4) is 5.75 Å². The highest BCUT2D eigenvalue weighted by molar-refractivity contribution is 9.10. The van der Waals surface area contributed by atoms with Crippen molar-refractivity contribution in [2.75, 3.05) is 11.1 Å². The van der Waals surface area contributed by atoms with E-state index in [0.29, 0.717) is 10.2 Å². The lowest BCUT2D eigenvalue weighted by molar-refractivity contribution is -0.0964. The molecule has 1 aromatic carbocycles. The van der Waals surface area contributed by atoms with Gasteiger partial charge in [-0.25, -0.2) is 4.98 Å². The second-order valence-corrected chi connectivity index (χ2v) is 5.87. The molecular formula is C13H8BrCl2F2N3O2. The molecule has 0 spiro atoms. The maximum atomic E-state index is 12.5. The zero-order valence-electron chi connectivity index (χ0n) is 11.1. The molecule has 1 heterocycles. The van der Waals surface area contributed by atoms with Gasteiger partial charge >= 0.3 is 5.57 Å². The first-order chi connectivity index (χ1) is 10.7. The van der Waals surface area contributed by atoms with Crippen molar-refractivity contribution in [2.24, 2.45) is 0 Å². The van der Waals surface area contributed by atoms with Crippen molar-refractivity contribution >= 4 is 56.5 Å². The number of anilines is 2. The molecule has 0 saturated carbocycles. The van der Waals surface area contributed by atoms with Crippen LogP contribution in [0, 0.1) is 0 Å². The van der Waals surface area contributed by atoms with Gasteiger partial charge in [0.05, 0.1) is 10.0 Å². The number of aromatic nitrogens is 1. The van der Waals surface area contributed by atoms with Crippen molar-refractivity contribution in [1.29, 1.82) is 0 Å². The molecule has 122 valence electrons. The summed E-state index contributed by atoms with van der Waals surface area (Å²) in [6, 6.07) is 6.61. The highest BCUT2D eigenvalue weighted by Crippen LogP contribution is 2.27. The minimum Gasteiger partial charge on any atom is -0.420 e. The van der Waals surface area contributed by atoms with E-state index < -0.39 is 11.5 Å². The van der Waals surface area contributed by atoms with Crippen LogP contribution in [0.3, 0.4) is 0 Å². The normalized spacial score (nSPS) is 11.2. The first-order valence-electron chi connectivity index (χ1n) is 5.94. The number of carbonyl (C=O) groups is 1. The molecule has 1 aromatic heterocycles. The molecule has 1 amide bonds. The number of pyridine rings is 1. The Kier molecular flexibility index (Phi) is 5.28. The monoisotopic (exact) mass is 425 g/mol. The summed E-state index contributed by atoms with van der Waals surface area (Å²) in [6.45, 7) is 0. The molecule has 0 fully saturated rings. The van der Waals surface area contributed by atoms with Crippen molar-refractivity contribution < 1.29 is 18.3 Å². The van der Waals surface area contributed by atoms with Crippen molar-refractivity contribution in [3.63, 3.8) is 0 Å². The molecule has 0 aliphatic carbocycles. The van der Waals surface area contributed by atoms with E-state index >= 15 is 0 Å². The quantitative estimate of drug-likeness (QED) is 0.557. The SMILES string of the molecule is Nc1nc(Cl)c(Br)cc1C(=O)Nc1ccc(OC(F)(F)Cl)cc1. The lowest BCUT2D eigenvalue weighted by Crippen LogP contribution is -2.16. The van der Waals surface area contributed by atoms with Crippen LogP contribution in [0.5, 0.6) is 5.75 Å². The molecule has 0 aliphatic heterocycles. The number of hydrogen-bond acceptors (Lipinski definition) is 4. The number of halogens is 5. The molecule has 10 heteroatoms. The van der Waals surface area contributed by atoms with Crippen LogP contribution < -0.4 is 15.8 Å². The number of rotatable bonds is 4. The molecule has 0 aliphatic rings. The fourth-order valence-corrected chi connectivity index (χ4v) is 2.15. The van der Waals surface area contributed by atoms with Gasteiger partial charge in [0.25, 0.3) is 5.91 Å². The van der Waals surface area contributed by atoms with E-state index in [9.17, 15) is 13.6 Å². The third kappa shape index (κ3) is 4.92. The maximum Gasteiger partial charge on any atom is 0.487 e. The zero-order valence-corrected chi connectivity index (χ0v) is 14.2. The predicted molar refractivity (Wildman–Crippen MR) is 87.2 cm³/mol.